The molecule has 0 aliphatic carbocycles. The fourth-order valence-corrected chi connectivity index (χ4v) is 4.15. The molecule has 0 saturated carbocycles. The predicted molar refractivity (Wildman–Crippen MR) is 109 cm³/mol. The predicted octanol–water partition coefficient (Wildman–Crippen LogP) is 3.76. The molecule has 0 unspecified atom stereocenters. The Balaban J connectivity index is 2.42. The van der Waals surface area contributed by atoms with Crippen LogP contribution in [0.15, 0.2) is 36.4 Å². The first-order valence-corrected chi connectivity index (χ1v) is 10.5. The van der Waals surface area contributed by atoms with Crippen molar-refractivity contribution in [2.45, 2.75) is 26.8 Å². The largest absolute Gasteiger partial charge is 0.495 e. The Hall–Kier alpha value is -2.25. The van der Waals surface area contributed by atoms with Crippen LogP contribution in [0.5, 0.6) is 5.75 Å². The molecule has 2 rings (SSSR count). The monoisotopic (exact) mass is 410 g/mol. The van der Waals surface area contributed by atoms with Crippen molar-refractivity contribution in [3.8, 4) is 5.75 Å². The van der Waals surface area contributed by atoms with E-state index in [0.717, 1.165) is 21.7 Å². The smallest absolute Gasteiger partial charge is 0.248 e. The van der Waals surface area contributed by atoms with Gasteiger partial charge in [0.15, 0.2) is 0 Å². The summed E-state index contributed by atoms with van der Waals surface area (Å²) in [4.78, 5) is 12.8. The molecule has 0 bridgehead atoms. The molecular weight excluding hydrogens is 388 g/mol. The van der Waals surface area contributed by atoms with Gasteiger partial charge in [-0.05, 0) is 62.2 Å². The molecule has 0 heterocycles. The SMILES string of the molecule is COc1ccc(C)cc1N([C@H](C)C(=O)Nc1ccc(Cl)cc1C)S(C)(=O)=O. The standard InChI is InChI=1S/C19H23ClN2O4S/c1-12-6-9-18(26-4)17(10-12)22(27(5,24)25)14(3)19(23)21-16-8-7-15(20)11-13(16)2/h6-11,14H,1-5H3,(H,21,23)/t14-/m1/s1. The number of hydrogen-bond donors (Lipinski definition) is 1. The second kappa shape index (κ2) is 8.19. The molecule has 2 aromatic rings. The number of nitrogens with zero attached hydrogens (tertiary/aromatic N) is 1. The number of sulfonamides is 1. The zero-order valence-electron chi connectivity index (χ0n) is 15.9. The molecule has 0 radical (unpaired) electrons. The van der Waals surface area contributed by atoms with Crippen molar-refractivity contribution < 1.29 is 17.9 Å². The summed E-state index contributed by atoms with van der Waals surface area (Å²) in [6.07, 6.45) is 1.06. The third-order valence-electron chi connectivity index (χ3n) is 4.11. The maximum atomic E-state index is 12.8. The molecule has 0 aliphatic heterocycles. The number of amides is 1. The zero-order chi connectivity index (χ0) is 20.4. The first-order chi connectivity index (χ1) is 12.5. The van der Waals surface area contributed by atoms with Crippen molar-refractivity contribution in [3.63, 3.8) is 0 Å². The van der Waals surface area contributed by atoms with Gasteiger partial charge in [-0.25, -0.2) is 8.42 Å². The molecule has 27 heavy (non-hydrogen) atoms. The van der Waals surface area contributed by atoms with E-state index in [1.165, 1.54) is 14.0 Å². The molecule has 6 nitrogen and oxygen atoms in total. The van der Waals surface area contributed by atoms with E-state index >= 15 is 0 Å². The second-order valence-corrected chi connectivity index (χ2v) is 8.65. The molecular formula is C19H23ClN2O4S. The summed E-state index contributed by atoms with van der Waals surface area (Å²) >= 11 is 5.94. The molecule has 2 aromatic carbocycles. The van der Waals surface area contributed by atoms with Gasteiger partial charge in [-0.1, -0.05) is 17.7 Å². The number of aryl methyl sites for hydroxylation is 2. The van der Waals surface area contributed by atoms with E-state index < -0.39 is 22.0 Å². The maximum absolute atomic E-state index is 12.8. The van der Waals surface area contributed by atoms with Gasteiger partial charge in [-0.2, -0.15) is 0 Å². The van der Waals surface area contributed by atoms with E-state index in [1.807, 2.05) is 19.9 Å². The molecule has 0 aliphatic rings. The molecule has 0 aromatic heterocycles. The number of hydrogen-bond acceptors (Lipinski definition) is 4. The van der Waals surface area contributed by atoms with Gasteiger partial charge < -0.3 is 10.1 Å². The molecule has 0 saturated heterocycles. The Morgan fingerprint density at radius 1 is 1.19 bits per heavy atom. The zero-order valence-corrected chi connectivity index (χ0v) is 17.5. The quantitative estimate of drug-likeness (QED) is 0.786. The van der Waals surface area contributed by atoms with Crippen molar-refractivity contribution in [2.75, 3.05) is 23.0 Å². The summed E-state index contributed by atoms with van der Waals surface area (Å²) in [5.41, 5.74) is 2.51. The van der Waals surface area contributed by atoms with E-state index in [1.54, 1.807) is 30.3 Å². The number of carbonyl (C=O) groups is 1. The fourth-order valence-electron chi connectivity index (χ4n) is 2.76. The lowest BCUT2D eigenvalue weighted by Crippen LogP contribution is -2.45. The third kappa shape index (κ3) is 4.93. The van der Waals surface area contributed by atoms with Gasteiger partial charge in [0.1, 0.15) is 11.8 Å². The van der Waals surface area contributed by atoms with Crippen molar-refractivity contribution in [1.29, 1.82) is 0 Å². The minimum atomic E-state index is -3.75. The van der Waals surface area contributed by atoms with Crippen LogP contribution < -0.4 is 14.4 Å². The molecule has 8 heteroatoms. The van der Waals surface area contributed by atoms with Gasteiger partial charge in [0, 0.05) is 10.7 Å². The van der Waals surface area contributed by atoms with Gasteiger partial charge in [0.05, 0.1) is 19.1 Å². The average Bonchev–Trinajstić information content (AvgIpc) is 2.56. The topological polar surface area (TPSA) is 75.7 Å². The van der Waals surface area contributed by atoms with Crippen LogP contribution >= 0.6 is 11.6 Å². The number of ether oxygens (including phenoxy) is 1. The van der Waals surface area contributed by atoms with Gasteiger partial charge in [-0.15, -0.1) is 0 Å². The van der Waals surface area contributed by atoms with E-state index in [0.29, 0.717) is 22.1 Å². The summed E-state index contributed by atoms with van der Waals surface area (Å²) in [5, 5.41) is 3.32. The van der Waals surface area contributed by atoms with Crippen LogP contribution in [0.2, 0.25) is 5.02 Å². The van der Waals surface area contributed by atoms with E-state index in [2.05, 4.69) is 5.32 Å². The molecule has 146 valence electrons. The average molecular weight is 411 g/mol. The highest BCUT2D eigenvalue weighted by Gasteiger charge is 2.31. The van der Waals surface area contributed by atoms with Crippen molar-refractivity contribution in [2.24, 2.45) is 0 Å². The molecule has 1 amide bonds. The number of carbonyl (C=O) groups excluding carboxylic acids is 1. The fraction of sp³-hybridized carbons (Fsp3) is 0.316. The molecule has 1 N–H and O–H groups in total. The summed E-state index contributed by atoms with van der Waals surface area (Å²) in [6, 6.07) is 9.23. The lowest BCUT2D eigenvalue weighted by atomic mass is 10.1. The van der Waals surface area contributed by atoms with Crippen LogP contribution in [0.4, 0.5) is 11.4 Å². The van der Waals surface area contributed by atoms with E-state index in [9.17, 15) is 13.2 Å². The Kier molecular flexibility index (Phi) is 6.38. The Morgan fingerprint density at radius 3 is 2.41 bits per heavy atom. The number of rotatable bonds is 6. The maximum Gasteiger partial charge on any atom is 0.248 e. The van der Waals surface area contributed by atoms with E-state index in [-0.39, 0.29) is 0 Å². The second-order valence-electron chi connectivity index (χ2n) is 6.36. The Bertz CT molecular complexity index is 960. The Morgan fingerprint density at radius 2 is 1.85 bits per heavy atom. The first kappa shape index (κ1) is 21.1. The van der Waals surface area contributed by atoms with Gasteiger partial charge in [0.25, 0.3) is 0 Å². The highest BCUT2D eigenvalue weighted by molar-refractivity contribution is 7.92. The van der Waals surface area contributed by atoms with Gasteiger partial charge in [-0.3, -0.25) is 9.10 Å². The van der Waals surface area contributed by atoms with Gasteiger partial charge in [0.2, 0.25) is 15.9 Å². The first-order valence-electron chi connectivity index (χ1n) is 8.25. The molecule has 1 atom stereocenters. The van der Waals surface area contributed by atoms with Crippen LogP contribution in [-0.2, 0) is 14.8 Å². The summed E-state index contributed by atoms with van der Waals surface area (Å²) in [5.74, 6) is -0.0947. The summed E-state index contributed by atoms with van der Waals surface area (Å²) in [6.45, 7) is 5.18. The van der Waals surface area contributed by atoms with Crippen LogP contribution in [0.3, 0.4) is 0 Å². The molecule has 0 spiro atoms. The minimum absolute atomic E-state index is 0.315. The number of benzene rings is 2. The van der Waals surface area contributed by atoms with Crippen molar-refractivity contribution >= 4 is 38.9 Å². The summed E-state index contributed by atoms with van der Waals surface area (Å²) < 4.78 is 31.4. The highest BCUT2D eigenvalue weighted by atomic mass is 35.5. The lowest BCUT2D eigenvalue weighted by Gasteiger charge is -2.29. The summed E-state index contributed by atoms with van der Waals surface area (Å²) in [7, 11) is -2.29. The van der Waals surface area contributed by atoms with Crippen molar-refractivity contribution in [3.05, 3.63) is 52.5 Å². The normalized spacial score (nSPS) is 12.4. The number of methoxy groups -OCH3 is 1. The number of halogens is 1. The van der Waals surface area contributed by atoms with E-state index in [4.69, 9.17) is 16.3 Å². The third-order valence-corrected chi connectivity index (χ3v) is 5.57. The molecule has 0 fully saturated rings. The van der Waals surface area contributed by atoms with Crippen LogP contribution in [0, 0.1) is 13.8 Å². The Labute approximate surface area is 165 Å². The van der Waals surface area contributed by atoms with Crippen LogP contribution in [0.1, 0.15) is 18.1 Å². The lowest BCUT2D eigenvalue weighted by molar-refractivity contribution is -0.116. The van der Waals surface area contributed by atoms with Crippen molar-refractivity contribution in [1.82, 2.24) is 0 Å². The number of anilines is 2. The number of nitrogens with one attached hydrogen (secondary N) is 1. The highest BCUT2D eigenvalue weighted by Crippen LogP contribution is 2.33. The van der Waals surface area contributed by atoms with Gasteiger partial charge >= 0.3 is 0 Å². The van der Waals surface area contributed by atoms with Crippen LogP contribution in [-0.4, -0.2) is 33.7 Å². The van der Waals surface area contributed by atoms with Crippen LogP contribution in [0.25, 0.3) is 0 Å². The minimum Gasteiger partial charge on any atom is -0.495 e.